The van der Waals surface area contributed by atoms with Crippen LogP contribution < -0.4 is 4.90 Å². The third-order valence-corrected chi connectivity index (χ3v) is 6.78. The third kappa shape index (κ3) is 3.50. The fourth-order valence-electron chi connectivity index (χ4n) is 3.51. The van der Waals surface area contributed by atoms with Gasteiger partial charge in [-0.25, -0.2) is 8.42 Å². The van der Waals surface area contributed by atoms with Crippen molar-refractivity contribution in [2.75, 3.05) is 38.3 Å². The summed E-state index contributed by atoms with van der Waals surface area (Å²) < 4.78 is 32.5. The van der Waals surface area contributed by atoms with Gasteiger partial charge in [0.05, 0.1) is 42.0 Å². The number of aliphatic hydroxyl groups is 2. The number of sulfonamides is 1. The SMILES string of the molecule is COC[C@@H]1CCCN1S(=O)(=O)c1ccc2c(c1)C(=O)C(=O)N2C[C@H](O)CO. The Hall–Kier alpha value is -1.85. The molecular weight excluding hydrogens is 376 g/mol. The summed E-state index contributed by atoms with van der Waals surface area (Å²) in [7, 11) is -2.32. The van der Waals surface area contributed by atoms with Gasteiger partial charge in [-0.05, 0) is 31.0 Å². The average Bonchev–Trinajstić information content (AvgIpc) is 3.21. The maximum absolute atomic E-state index is 13.0. The van der Waals surface area contributed by atoms with E-state index in [4.69, 9.17) is 9.84 Å². The lowest BCUT2D eigenvalue weighted by Gasteiger charge is -2.24. The highest BCUT2D eigenvalue weighted by molar-refractivity contribution is 7.89. The first-order valence-electron chi connectivity index (χ1n) is 8.61. The quantitative estimate of drug-likeness (QED) is 0.586. The summed E-state index contributed by atoms with van der Waals surface area (Å²) in [6.45, 7) is -0.151. The van der Waals surface area contributed by atoms with Crippen LogP contribution in [0.1, 0.15) is 23.2 Å². The highest BCUT2D eigenvalue weighted by atomic mass is 32.2. The van der Waals surface area contributed by atoms with Crippen molar-refractivity contribution in [2.45, 2.75) is 29.9 Å². The van der Waals surface area contributed by atoms with Crippen LogP contribution >= 0.6 is 0 Å². The molecule has 1 fully saturated rings. The average molecular weight is 398 g/mol. The molecule has 0 radical (unpaired) electrons. The summed E-state index contributed by atoms with van der Waals surface area (Å²) >= 11 is 0. The van der Waals surface area contributed by atoms with Crippen molar-refractivity contribution in [3.63, 3.8) is 0 Å². The lowest BCUT2D eigenvalue weighted by atomic mass is 10.1. The zero-order valence-corrected chi connectivity index (χ0v) is 15.7. The highest BCUT2D eigenvalue weighted by Gasteiger charge is 2.40. The normalized spacial score (nSPS) is 21.7. The highest BCUT2D eigenvalue weighted by Crippen LogP contribution is 2.33. The predicted molar refractivity (Wildman–Crippen MR) is 95.0 cm³/mol. The molecule has 148 valence electrons. The lowest BCUT2D eigenvalue weighted by molar-refractivity contribution is -0.114. The van der Waals surface area contributed by atoms with Gasteiger partial charge in [-0.2, -0.15) is 4.31 Å². The summed E-state index contributed by atoms with van der Waals surface area (Å²) in [4.78, 5) is 25.4. The van der Waals surface area contributed by atoms with Gasteiger partial charge in [-0.15, -0.1) is 0 Å². The molecule has 0 aromatic heterocycles. The van der Waals surface area contributed by atoms with E-state index in [1.165, 1.54) is 29.6 Å². The third-order valence-electron chi connectivity index (χ3n) is 4.84. The number of anilines is 1. The molecule has 3 rings (SSSR count). The van der Waals surface area contributed by atoms with Crippen molar-refractivity contribution in [2.24, 2.45) is 0 Å². The van der Waals surface area contributed by atoms with Gasteiger partial charge >= 0.3 is 0 Å². The van der Waals surface area contributed by atoms with Crippen molar-refractivity contribution in [3.05, 3.63) is 23.8 Å². The van der Waals surface area contributed by atoms with Crippen LogP contribution in [0, 0.1) is 0 Å². The minimum absolute atomic E-state index is 0.0197. The van der Waals surface area contributed by atoms with E-state index in [9.17, 15) is 23.1 Å². The van der Waals surface area contributed by atoms with Gasteiger partial charge in [0.15, 0.2) is 0 Å². The van der Waals surface area contributed by atoms with Crippen molar-refractivity contribution in [1.29, 1.82) is 0 Å². The van der Waals surface area contributed by atoms with Gasteiger partial charge in [-0.1, -0.05) is 0 Å². The minimum atomic E-state index is -3.84. The molecule has 27 heavy (non-hydrogen) atoms. The molecule has 1 amide bonds. The lowest BCUT2D eigenvalue weighted by Crippen LogP contribution is -2.38. The van der Waals surface area contributed by atoms with Crippen LogP contribution in [0.2, 0.25) is 0 Å². The number of nitrogens with zero attached hydrogens (tertiary/aromatic N) is 2. The van der Waals surface area contributed by atoms with Crippen LogP contribution in [-0.4, -0.2) is 80.2 Å². The second-order valence-electron chi connectivity index (χ2n) is 6.63. The van der Waals surface area contributed by atoms with Crippen LogP contribution in [0.25, 0.3) is 0 Å². The predicted octanol–water partition coefficient (Wildman–Crippen LogP) is -0.631. The molecular formula is C17H22N2O7S. The number of hydrogen-bond donors (Lipinski definition) is 2. The van der Waals surface area contributed by atoms with E-state index in [0.29, 0.717) is 13.0 Å². The Morgan fingerprint density at radius 3 is 2.74 bits per heavy atom. The van der Waals surface area contributed by atoms with E-state index in [1.54, 1.807) is 0 Å². The van der Waals surface area contributed by atoms with Gasteiger partial charge in [0.25, 0.3) is 11.7 Å². The van der Waals surface area contributed by atoms with Crippen molar-refractivity contribution < 1.29 is 33.0 Å². The number of carbonyl (C=O) groups is 2. The first-order chi connectivity index (χ1) is 12.8. The van der Waals surface area contributed by atoms with Crippen molar-refractivity contribution in [1.82, 2.24) is 4.31 Å². The molecule has 0 unspecified atom stereocenters. The molecule has 1 aromatic carbocycles. The largest absolute Gasteiger partial charge is 0.394 e. The van der Waals surface area contributed by atoms with Crippen molar-refractivity contribution in [3.8, 4) is 0 Å². The van der Waals surface area contributed by atoms with Crippen molar-refractivity contribution >= 4 is 27.4 Å². The fourth-order valence-corrected chi connectivity index (χ4v) is 5.22. The number of amides is 1. The number of aliphatic hydroxyl groups excluding tert-OH is 2. The topological polar surface area (TPSA) is 124 Å². The second-order valence-corrected chi connectivity index (χ2v) is 8.52. The number of hydrogen-bond acceptors (Lipinski definition) is 7. The van der Waals surface area contributed by atoms with Gasteiger partial charge in [0, 0.05) is 19.7 Å². The van der Waals surface area contributed by atoms with Gasteiger partial charge < -0.3 is 19.8 Å². The summed E-state index contributed by atoms with van der Waals surface area (Å²) in [5, 5.41) is 18.6. The van der Waals surface area contributed by atoms with E-state index < -0.39 is 34.4 Å². The Labute approximate surface area is 157 Å². The van der Waals surface area contributed by atoms with E-state index >= 15 is 0 Å². The monoisotopic (exact) mass is 398 g/mol. The molecule has 0 spiro atoms. The van der Waals surface area contributed by atoms with Crippen LogP contribution in [0.4, 0.5) is 5.69 Å². The minimum Gasteiger partial charge on any atom is -0.394 e. The maximum Gasteiger partial charge on any atom is 0.299 e. The number of Topliss-reactive ketones (excluding diaryl/α,β-unsaturated/α-hetero) is 1. The molecule has 2 heterocycles. The molecule has 10 heteroatoms. The summed E-state index contributed by atoms with van der Waals surface area (Å²) in [6, 6.07) is 3.68. The first kappa shape index (κ1) is 19.9. The first-order valence-corrected chi connectivity index (χ1v) is 10.0. The fraction of sp³-hybridized carbons (Fsp3) is 0.529. The number of benzene rings is 1. The Balaban J connectivity index is 1.94. The zero-order chi connectivity index (χ0) is 19.8. The number of fused-ring (bicyclic) bond motifs is 1. The maximum atomic E-state index is 13.0. The van der Waals surface area contributed by atoms with Gasteiger partial charge in [0.1, 0.15) is 0 Å². The van der Waals surface area contributed by atoms with E-state index in [0.717, 1.165) is 11.3 Å². The summed E-state index contributed by atoms with van der Waals surface area (Å²) in [6.07, 6.45) is 0.223. The van der Waals surface area contributed by atoms with Gasteiger partial charge in [0.2, 0.25) is 10.0 Å². The Bertz CT molecular complexity index is 855. The van der Waals surface area contributed by atoms with Crippen LogP contribution in [0.15, 0.2) is 23.1 Å². The van der Waals surface area contributed by atoms with E-state index in [-0.39, 0.29) is 35.3 Å². The smallest absolute Gasteiger partial charge is 0.299 e. The van der Waals surface area contributed by atoms with Gasteiger partial charge in [-0.3, -0.25) is 9.59 Å². The summed E-state index contributed by atoms with van der Waals surface area (Å²) in [5.74, 6) is -1.69. The number of β-amino-alcohol motifs (C(OH)–C–C–N with tert-alkyl or cyclic N) is 1. The van der Waals surface area contributed by atoms with Crippen LogP contribution in [0.3, 0.4) is 0 Å². The van der Waals surface area contributed by atoms with Crippen LogP contribution in [0.5, 0.6) is 0 Å². The molecule has 1 saturated heterocycles. The molecule has 0 bridgehead atoms. The number of ketones is 1. The van der Waals surface area contributed by atoms with E-state index in [2.05, 4.69) is 0 Å². The number of carbonyl (C=O) groups excluding carboxylic acids is 2. The standard InChI is InChI=1S/C17H22N2O7S/c1-26-10-11-3-2-6-19(11)27(24,25)13-4-5-15-14(7-13)16(22)17(23)18(15)8-12(21)9-20/h4-5,7,11-12,20-21H,2-3,6,8-10H2,1H3/t11-,12-/m0/s1. The second kappa shape index (κ2) is 7.64. The molecule has 2 aliphatic heterocycles. The molecule has 2 N–H and O–H groups in total. The van der Waals surface area contributed by atoms with E-state index in [1.807, 2.05) is 0 Å². The number of methoxy groups -OCH3 is 1. The summed E-state index contributed by atoms with van der Waals surface area (Å²) in [5.41, 5.74) is 0.208. The Morgan fingerprint density at radius 2 is 2.07 bits per heavy atom. The van der Waals surface area contributed by atoms with Crippen LogP contribution in [-0.2, 0) is 19.6 Å². The molecule has 2 aliphatic rings. The molecule has 9 nitrogen and oxygen atoms in total. The zero-order valence-electron chi connectivity index (χ0n) is 14.9. The molecule has 2 atom stereocenters. The molecule has 0 saturated carbocycles. The number of ether oxygens (including phenoxy) is 1. The Kier molecular flexibility index (Phi) is 5.63. The molecule has 0 aliphatic carbocycles. The molecule has 1 aromatic rings. The Morgan fingerprint density at radius 1 is 1.33 bits per heavy atom. The number of rotatable bonds is 7.